The van der Waals surface area contributed by atoms with Crippen LogP contribution in [0.1, 0.15) is 18.9 Å². The maximum atomic E-state index is 14.0. The van der Waals surface area contributed by atoms with Crippen LogP contribution in [0.4, 0.5) is 10.1 Å². The molecule has 1 amide bonds. The molecule has 4 rings (SSSR count). The zero-order valence-electron chi connectivity index (χ0n) is 17.9. The van der Waals surface area contributed by atoms with Crippen LogP contribution < -0.4 is 10.1 Å². The van der Waals surface area contributed by atoms with Gasteiger partial charge in [-0.3, -0.25) is 9.36 Å². The van der Waals surface area contributed by atoms with E-state index in [1.54, 1.807) is 12.1 Å². The third-order valence-electron chi connectivity index (χ3n) is 4.71. The fraction of sp³-hybridized carbons (Fsp3) is 0.125. The van der Waals surface area contributed by atoms with E-state index in [1.807, 2.05) is 54.0 Å². The van der Waals surface area contributed by atoms with Crippen LogP contribution in [-0.4, -0.2) is 26.4 Å². The number of hydrogen-bond acceptors (Lipinski definition) is 5. The highest BCUT2D eigenvalue weighted by atomic mass is 35.5. The molecule has 6 nitrogen and oxygen atoms in total. The minimum absolute atomic E-state index is 0.00716. The predicted molar refractivity (Wildman–Crippen MR) is 133 cm³/mol. The normalized spacial score (nSPS) is 11.8. The number of rotatable bonds is 8. The average Bonchev–Trinajstić information content (AvgIpc) is 3.26. The van der Waals surface area contributed by atoms with Crippen molar-refractivity contribution in [1.29, 1.82) is 0 Å². The quantitative estimate of drug-likeness (QED) is 0.267. The van der Waals surface area contributed by atoms with E-state index < -0.39 is 17.8 Å². The monoisotopic (exact) mass is 516 g/mol. The highest BCUT2D eigenvalue weighted by Crippen LogP contribution is 2.31. The van der Waals surface area contributed by atoms with Crippen LogP contribution in [-0.2, 0) is 4.79 Å². The van der Waals surface area contributed by atoms with Crippen LogP contribution in [0, 0.1) is 5.82 Å². The summed E-state index contributed by atoms with van der Waals surface area (Å²) in [6.07, 6.45) is -0.487. The Morgan fingerprint density at radius 3 is 2.56 bits per heavy atom. The molecule has 0 aliphatic carbocycles. The van der Waals surface area contributed by atoms with E-state index in [0.717, 1.165) is 11.8 Å². The van der Waals surface area contributed by atoms with Gasteiger partial charge in [0.1, 0.15) is 11.6 Å². The molecule has 4 aromatic rings. The third kappa shape index (κ3) is 5.70. The van der Waals surface area contributed by atoms with E-state index in [0.29, 0.717) is 21.8 Å². The molecule has 0 radical (unpaired) electrons. The zero-order valence-corrected chi connectivity index (χ0v) is 20.2. The number of anilines is 1. The molecule has 3 aromatic carbocycles. The molecule has 10 heteroatoms. The van der Waals surface area contributed by atoms with Gasteiger partial charge in [-0.2, -0.15) is 0 Å². The number of hydrogen-bond donors (Lipinski definition) is 1. The van der Waals surface area contributed by atoms with Crippen molar-refractivity contribution in [2.45, 2.75) is 18.2 Å². The fourth-order valence-electron chi connectivity index (χ4n) is 3.15. The molecular formula is C24H19Cl2FN4O2S. The van der Waals surface area contributed by atoms with Crippen molar-refractivity contribution in [1.82, 2.24) is 14.8 Å². The number of benzene rings is 3. The van der Waals surface area contributed by atoms with E-state index in [2.05, 4.69) is 15.5 Å². The maximum Gasteiger partial charge on any atom is 0.234 e. The Kier molecular flexibility index (Phi) is 7.72. The van der Waals surface area contributed by atoms with E-state index in [4.69, 9.17) is 27.9 Å². The van der Waals surface area contributed by atoms with Crippen LogP contribution in [0.2, 0.25) is 10.0 Å². The van der Waals surface area contributed by atoms with E-state index in [1.165, 1.54) is 23.9 Å². The van der Waals surface area contributed by atoms with Gasteiger partial charge >= 0.3 is 0 Å². The lowest BCUT2D eigenvalue weighted by atomic mass is 10.3. The Balaban J connectivity index is 1.55. The van der Waals surface area contributed by atoms with Gasteiger partial charge < -0.3 is 10.1 Å². The van der Waals surface area contributed by atoms with E-state index in [9.17, 15) is 9.18 Å². The minimum atomic E-state index is -0.605. The van der Waals surface area contributed by atoms with Gasteiger partial charge in [0.15, 0.2) is 17.1 Å². The van der Waals surface area contributed by atoms with Crippen LogP contribution in [0.25, 0.3) is 5.69 Å². The molecule has 0 saturated carbocycles. The summed E-state index contributed by atoms with van der Waals surface area (Å²) < 4.78 is 21.9. The number of carbonyl (C=O) groups excluding carboxylic acids is 1. The average molecular weight is 517 g/mol. The number of carbonyl (C=O) groups is 1. The lowest BCUT2D eigenvalue weighted by molar-refractivity contribution is -0.113. The van der Waals surface area contributed by atoms with Crippen LogP contribution >= 0.6 is 35.0 Å². The number of aromatic nitrogens is 3. The van der Waals surface area contributed by atoms with Crippen LogP contribution in [0.3, 0.4) is 0 Å². The number of nitrogens with one attached hydrogen (secondary N) is 1. The molecule has 1 unspecified atom stereocenters. The Bertz CT molecular complexity index is 1300. The molecule has 0 bridgehead atoms. The summed E-state index contributed by atoms with van der Waals surface area (Å²) in [4.78, 5) is 12.5. The molecule has 174 valence electrons. The first-order valence-corrected chi connectivity index (χ1v) is 12.0. The van der Waals surface area contributed by atoms with Gasteiger partial charge in [-0.15, -0.1) is 10.2 Å². The molecule has 1 heterocycles. The van der Waals surface area contributed by atoms with Crippen molar-refractivity contribution in [2.24, 2.45) is 0 Å². The largest absolute Gasteiger partial charge is 0.481 e. The van der Waals surface area contributed by atoms with Gasteiger partial charge in [-0.25, -0.2) is 4.39 Å². The molecule has 0 spiro atoms. The molecular weight excluding hydrogens is 498 g/mol. The summed E-state index contributed by atoms with van der Waals surface area (Å²) in [6, 6.07) is 20.7. The van der Waals surface area contributed by atoms with Crippen molar-refractivity contribution >= 4 is 46.6 Å². The standard InChI is InChI=1S/C24H19Cl2FN4O2S/c1-15(33-21-10-6-5-9-18(21)26)23-29-30-24(31(23)17-7-3-2-4-8-17)34-14-22(32)28-20-12-11-16(25)13-19(20)27/h2-13,15H,14H2,1H3,(H,28,32). The smallest absolute Gasteiger partial charge is 0.234 e. The first kappa shape index (κ1) is 24.1. The highest BCUT2D eigenvalue weighted by Gasteiger charge is 2.22. The van der Waals surface area contributed by atoms with Crippen molar-refractivity contribution in [3.05, 3.63) is 94.5 Å². The predicted octanol–water partition coefficient (Wildman–Crippen LogP) is 6.58. The summed E-state index contributed by atoms with van der Waals surface area (Å²) >= 11 is 13.2. The van der Waals surface area contributed by atoms with Gasteiger partial charge in [-0.1, -0.05) is 65.3 Å². The number of nitrogens with zero attached hydrogens (tertiary/aromatic N) is 3. The lowest BCUT2D eigenvalue weighted by Crippen LogP contribution is -2.16. The van der Waals surface area contributed by atoms with E-state index >= 15 is 0 Å². The molecule has 34 heavy (non-hydrogen) atoms. The second-order valence-corrected chi connectivity index (χ2v) is 8.95. The van der Waals surface area contributed by atoms with Crippen LogP contribution in [0.15, 0.2) is 78.0 Å². The molecule has 0 aliphatic heterocycles. The van der Waals surface area contributed by atoms with Gasteiger partial charge in [0.25, 0.3) is 0 Å². The number of para-hydroxylation sites is 2. The number of halogens is 3. The van der Waals surface area contributed by atoms with Gasteiger partial charge in [-0.05, 0) is 49.4 Å². The first-order valence-electron chi connectivity index (χ1n) is 10.2. The van der Waals surface area contributed by atoms with Gasteiger partial charge in [0, 0.05) is 10.7 Å². The molecule has 1 atom stereocenters. The summed E-state index contributed by atoms with van der Waals surface area (Å²) in [7, 11) is 0. The Labute approximate surface area is 210 Å². The van der Waals surface area contributed by atoms with Gasteiger partial charge in [0.2, 0.25) is 5.91 Å². The van der Waals surface area contributed by atoms with Crippen molar-refractivity contribution in [3.8, 4) is 11.4 Å². The Morgan fingerprint density at radius 2 is 1.82 bits per heavy atom. The number of ether oxygens (including phenoxy) is 1. The molecule has 0 fully saturated rings. The second-order valence-electron chi connectivity index (χ2n) is 7.16. The van der Waals surface area contributed by atoms with Crippen LogP contribution in [0.5, 0.6) is 5.75 Å². The molecule has 0 aliphatic rings. The highest BCUT2D eigenvalue weighted by molar-refractivity contribution is 7.99. The molecule has 1 aromatic heterocycles. The molecule has 0 saturated heterocycles. The maximum absolute atomic E-state index is 14.0. The second kappa shape index (κ2) is 10.9. The van der Waals surface area contributed by atoms with E-state index in [-0.39, 0.29) is 16.5 Å². The minimum Gasteiger partial charge on any atom is -0.481 e. The SMILES string of the molecule is CC(Oc1ccccc1Cl)c1nnc(SCC(=O)Nc2ccc(Cl)cc2F)n1-c1ccccc1. The lowest BCUT2D eigenvalue weighted by Gasteiger charge is -2.17. The van der Waals surface area contributed by atoms with Crippen molar-refractivity contribution in [2.75, 3.05) is 11.1 Å². The number of thioether (sulfide) groups is 1. The first-order chi connectivity index (χ1) is 16.4. The van der Waals surface area contributed by atoms with Crippen molar-refractivity contribution < 1.29 is 13.9 Å². The number of amides is 1. The third-order valence-corrected chi connectivity index (χ3v) is 6.19. The topological polar surface area (TPSA) is 69.0 Å². The Morgan fingerprint density at radius 1 is 1.09 bits per heavy atom. The summed E-state index contributed by atoms with van der Waals surface area (Å²) in [5.74, 6) is 0.0600. The summed E-state index contributed by atoms with van der Waals surface area (Å²) in [5, 5.41) is 12.4. The summed E-state index contributed by atoms with van der Waals surface area (Å²) in [6.45, 7) is 1.84. The molecule has 1 N–H and O–H groups in total. The van der Waals surface area contributed by atoms with Crippen molar-refractivity contribution in [3.63, 3.8) is 0 Å². The fourth-order valence-corrected chi connectivity index (χ4v) is 4.25. The zero-order chi connectivity index (χ0) is 24.1. The summed E-state index contributed by atoms with van der Waals surface area (Å²) in [5.41, 5.74) is 0.866. The van der Waals surface area contributed by atoms with Gasteiger partial charge in [0.05, 0.1) is 16.5 Å². The Hall–Kier alpha value is -3.07.